The summed E-state index contributed by atoms with van der Waals surface area (Å²) in [4.78, 5) is 6.72. The lowest BCUT2D eigenvalue weighted by molar-refractivity contribution is 0.158. The van der Waals surface area contributed by atoms with Crippen LogP contribution < -0.4 is 5.73 Å². The molecule has 0 aromatic carbocycles. The normalized spacial score (nSPS) is 31.7. The number of rotatable bonds is 5. The molecule has 5 atom stereocenters. The average Bonchev–Trinajstić information content (AvgIpc) is 3.02. The second-order valence-corrected chi connectivity index (χ2v) is 6.96. The Morgan fingerprint density at radius 3 is 2.80 bits per heavy atom. The Morgan fingerprint density at radius 2 is 2.25 bits per heavy atom. The highest BCUT2D eigenvalue weighted by Crippen LogP contribution is 2.48. The van der Waals surface area contributed by atoms with Crippen molar-refractivity contribution >= 4 is 0 Å². The molecule has 2 bridgehead atoms. The lowest BCUT2D eigenvalue weighted by Gasteiger charge is -2.35. The third-order valence-corrected chi connectivity index (χ3v) is 5.41. The van der Waals surface area contributed by atoms with Gasteiger partial charge in [0.05, 0.1) is 6.04 Å². The van der Waals surface area contributed by atoms with Gasteiger partial charge in [-0.2, -0.15) is 0 Å². The topological polar surface area (TPSA) is 42.1 Å². The Morgan fingerprint density at radius 1 is 1.40 bits per heavy atom. The van der Waals surface area contributed by atoms with Crippen molar-refractivity contribution in [1.82, 2.24) is 9.88 Å². The van der Waals surface area contributed by atoms with E-state index in [1.165, 1.54) is 37.8 Å². The highest BCUT2D eigenvalue weighted by atomic mass is 15.1. The van der Waals surface area contributed by atoms with Crippen LogP contribution in [0.3, 0.4) is 0 Å². The van der Waals surface area contributed by atoms with Crippen LogP contribution in [0.2, 0.25) is 0 Å². The van der Waals surface area contributed by atoms with Gasteiger partial charge in [-0.1, -0.05) is 12.5 Å². The van der Waals surface area contributed by atoms with Crippen LogP contribution >= 0.6 is 0 Å². The summed E-state index contributed by atoms with van der Waals surface area (Å²) in [6, 6.07) is 4.57. The maximum absolute atomic E-state index is 6.25. The van der Waals surface area contributed by atoms with E-state index >= 15 is 0 Å². The maximum atomic E-state index is 6.25. The second kappa shape index (κ2) is 5.82. The van der Waals surface area contributed by atoms with E-state index < -0.39 is 0 Å². The molecule has 2 fully saturated rings. The maximum Gasteiger partial charge on any atom is 0.0509 e. The molecular weight excluding hydrogens is 246 g/mol. The fourth-order valence-electron chi connectivity index (χ4n) is 4.59. The summed E-state index contributed by atoms with van der Waals surface area (Å²) < 4.78 is 0. The summed E-state index contributed by atoms with van der Waals surface area (Å²) >= 11 is 0. The van der Waals surface area contributed by atoms with E-state index in [0.29, 0.717) is 0 Å². The largest absolute Gasteiger partial charge is 0.326 e. The van der Waals surface area contributed by atoms with Crippen LogP contribution in [0.15, 0.2) is 24.5 Å². The molecule has 3 heteroatoms. The molecule has 1 aromatic heterocycles. The molecule has 110 valence electrons. The first-order valence-corrected chi connectivity index (χ1v) is 8.01. The van der Waals surface area contributed by atoms with Gasteiger partial charge in [-0.05, 0) is 62.6 Å². The molecule has 2 aliphatic carbocycles. The molecule has 3 nitrogen and oxygen atoms in total. The minimum absolute atomic E-state index is 0.128. The lowest BCUT2D eigenvalue weighted by Crippen LogP contribution is -2.40. The van der Waals surface area contributed by atoms with Gasteiger partial charge in [-0.25, -0.2) is 0 Å². The van der Waals surface area contributed by atoms with Crippen molar-refractivity contribution in [2.45, 2.75) is 44.7 Å². The van der Waals surface area contributed by atoms with Crippen LogP contribution in [-0.4, -0.2) is 29.5 Å². The van der Waals surface area contributed by atoms with E-state index in [-0.39, 0.29) is 12.1 Å². The fraction of sp³-hybridized carbons (Fsp3) is 0.706. The van der Waals surface area contributed by atoms with Gasteiger partial charge in [-0.15, -0.1) is 0 Å². The van der Waals surface area contributed by atoms with Gasteiger partial charge in [0.25, 0.3) is 0 Å². The molecule has 1 aromatic rings. The van der Waals surface area contributed by atoms with Crippen molar-refractivity contribution in [3.63, 3.8) is 0 Å². The molecule has 1 heterocycles. The van der Waals surface area contributed by atoms with E-state index in [0.717, 1.165) is 17.8 Å². The minimum Gasteiger partial charge on any atom is -0.326 e. The molecule has 2 aliphatic rings. The van der Waals surface area contributed by atoms with Crippen LogP contribution in [0.1, 0.15) is 44.2 Å². The molecular formula is C17H27N3. The molecule has 2 saturated carbocycles. The van der Waals surface area contributed by atoms with Gasteiger partial charge in [0.1, 0.15) is 0 Å². The number of aromatic nitrogens is 1. The Bertz CT molecular complexity index is 431. The predicted molar refractivity (Wildman–Crippen MR) is 82.2 cm³/mol. The second-order valence-electron chi connectivity index (χ2n) is 6.96. The SMILES string of the molecule is CC(N)C(c1cccnc1)N(C)CC1CC2CCC1C2. The van der Waals surface area contributed by atoms with Crippen molar-refractivity contribution in [2.75, 3.05) is 13.6 Å². The van der Waals surface area contributed by atoms with Crippen molar-refractivity contribution in [3.8, 4) is 0 Å². The Labute approximate surface area is 122 Å². The van der Waals surface area contributed by atoms with E-state index in [1.807, 2.05) is 18.5 Å². The van der Waals surface area contributed by atoms with Crippen molar-refractivity contribution < 1.29 is 0 Å². The molecule has 0 saturated heterocycles. The van der Waals surface area contributed by atoms with Gasteiger partial charge in [0, 0.05) is 25.0 Å². The van der Waals surface area contributed by atoms with Gasteiger partial charge in [-0.3, -0.25) is 9.88 Å². The molecule has 5 unspecified atom stereocenters. The summed E-state index contributed by atoms with van der Waals surface area (Å²) in [6.45, 7) is 3.29. The van der Waals surface area contributed by atoms with Gasteiger partial charge < -0.3 is 5.73 Å². The zero-order valence-electron chi connectivity index (χ0n) is 12.7. The lowest BCUT2D eigenvalue weighted by atomic mass is 9.87. The average molecular weight is 273 g/mol. The number of fused-ring (bicyclic) bond motifs is 2. The van der Waals surface area contributed by atoms with Crippen LogP contribution in [0.5, 0.6) is 0 Å². The highest BCUT2D eigenvalue weighted by Gasteiger charge is 2.40. The number of pyridine rings is 1. The molecule has 0 spiro atoms. The predicted octanol–water partition coefficient (Wildman–Crippen LogP) is 2.84. The zero-order valence-corrected chi connectivity index (χ0v) is 12.7. The Hall–Kier alpha value is -0.930. The van der Waals surface area contributed by atoms with Crippen molar-refractivity contribution in [3.05, 3.63) is 30.1 Å². The quantitative estimate of drug-likeness (QED) is 0.897. The number of hydrogen-bond acceptors (Lipinski definition) is 3. The summed E-state index contributed by atoms with van der Waals surface area (Å²) in [5.74, 6) is 2.88. The molecule has 20 heavy (non-hydrogen) atoms. The third kappa shape index (κ3) is 2.75. The fourth-order valence-corrected chi connectivity index (χ4v) is 4.59. The zero-order chi connectivity index (χ0) is 14.1. The number of hydrogen-bond donors (Lipinski definition) is 1. The van der Waals surface area contributed by atoms with Gasteiger partial charge >= 0.3 is 0 Å². The number of nitrogens with two attached hydrogens (primary N) is 1. The molecule has 0 aliphatic heterocycles. The van der Waals surface area contributed by atoms with E-state index in [4.69, 9.17) is 5.73 Å². The first-order chi connectivity index (χ1) is 9.65. The van der Waals surface area contributed by atoms with Gasteiger partial charge in [0.15, 0.2) is 0 Å². The van der Waals surface area contributed by atoms with E-state index in [9.17, 15) is 0 Å². The minimum atomic E-state index is 0.128. The Kier molecular flexibility index (Phi) is 4.08. The first-order valence-electron chi connectivity index (χ1n) is 8.01. The third-order valence-electron chi connectivity index (χ3n) is 5.41. The van der Waals surface area contributed by atoms with Crippen LogP contribution in [0.4, 0.5) is 0 Å². The van der Waals surface area contributed by atoms with Crippen LogP contribution in [0.25, 0.3) is 0 Å². The number of nitrogens with zero attached hydrogens (tertiary/aromatic N) is 2. The summed E-state index contributed by atoms with van der Waals surface area (Å²) in [7, 11) is 2.23. The highest BCUT2D eigenvalue weighted by molar-refractivity contribution is 5.16. The monoisotopic (exact) mass is 273 g/mol. The van der Waals surface area contributed by atoms with Gasteiger partial charge in [0.2, 0.25) is 0 Å². The Balaban J connectivity index is 1.68. The van der Waals surface area contributed by atoms with Crippen LogP contribution in [-0.2, 0) is 0 Å². The smallest absolute Gasteiger partial charge is 0.0509 e. The van der Waals surface area contributed by atoms with E-state index in [1.54, 1.807) is 0 Å². The molecule has 2 N–H and O–H groups in total. The molecule has 0 radical (unpaired) electrons. The molecule has 3 rings (SSSR count). The van der Waals surface area contributed by atoms with Crippen molar-refractivity contribution in [2.24, 2.45) is 23.5 Å². The number of likely N-dealkylation sites (N-methyl/N-ethyl adjacent to an activating group) is 1. The van der Waals surface area contributed by atoms with E-state index in [2.05, 4.69) is 29.9 Å². The molecule has 0 amide bonds. The summed E-state index contributed by atoms with van der Waals surface area (Å²) in [5.41, 5.74) is 7.49. The summed E-state index contributed by atoms with van der Waals surface area (Å²) in [5, 5.41) is 0. The summed E-state index contributed by atoms with van der Waals surface area (Å²) in [6.07, 6.45) is 9.65. The van der Waals surface area contributed by atoms with Crippen LogP contribution in [0, 0.1) is 17.8 Å². The van der Waals surface area contributed by atoms with Crippen molar-refractivity contribution in [1.29, 1.82) is 0 Å². The first kappa shape index (κ1) is 14.0. The standard InChI is InChI=1S/C17H27N3/c1-12(18)17(15-4-3-7-19-10-15)20(2)11-16-9-13-5-6-14(16)8-13/h3-4,7,10,12-14,16-17H,5-6,8-9,11,18H2,1-2H3.